The summed E-state index contributed by atoms with van der Waals surface area (Å²) in [6.45, 7) is 4.50. The molecule has 0 aromatic heterocycles. The van der Waals surface area contributed by atoms with Crippen molar-refractivity contribution in [1.29, 1.82) is 21.2 Å². The Morgan fingerprint density at radius 2 is 1.90 bits per heavy atom. The van der Waals surface area contributed by atoms with Crippen molar-refractivity contribution < 1.29 is 9.53 Å². The molecule has 1 heterocycles. The number of carbonyl (C=O) groups excluding carboxylic acids is 1. The van der Waals surface area contributed by atoms with Crippen LogP contribution in [0, 0.1) is 56.7 Å². The van der Waals surface area contributed by atoms with E-state index >= 15 is 0 Å². The Bertz CT molecular complexity index is 992. The highest BCUT2D eigenvalue weighted by Crippen LogP contribution is 2.53. The van der Waals surface area contributed by atoms with Crippen LogP contribution in [0.15, 0.2) is 35.9 Å². The zero-order valence-corrected chi connectivity index (χ0v) is 17.1. The molecule has 1 aliphatic carbocycles. The summed E-state index contributed by atoms with van der Waals surface area (Å²) in [5.74, 6) is -2.06. The highest BCUT2D eigenvalue weighted by Gasteiger charge is 2.58. The first kappa shape index (κ1) is 21.1. The van der Waals surface area contributed by atoms with Crippen LogP contribution in [0.25, 0.3) is 0 Å². The van der Waals surface area contributed by atoms with Crippen LogP contribution in [-0.2, 0) is 11.2 Å². The third-order valence-corrected chi connectivity index (χ3v) is 6.06. The molecule has 1 aromatic rings. The van der Waals surface area contributed by atoms with Gasteiger partial charge in [0, 0.05) is 24.9 Å². The fraction of sp³-hybridized carbons (Fsp3) is 0.435. The van der Waals surface area contributed by atoms with E-state index in [-0.39, 0.29) is 25.4 Å². The largest absolute Gasteiger partial charge is 0.450 e. The van der Waals surface area contributed by atoms with E-state index in [1.165, 1.54) is 4.90 Å². The molecule has 30 heavy (non-hydrogen) atoms. The molecule has 7 nitrogen and oxygen atoms in total. The average molecular weight is 401 g/mol. The van der Waals surface area contributed by atoms with Crippen LogP contribution >= 0.6 is 0 Å². The topological polar surface area (TPSA) is 125 Å². The van der Waals surface area contributed by atoms with E-state index in [0.29, 0.717) is 5.57 Å². The van der Waals surface area contributed by atoms with Crippen LogP contribution in [0.3, 0.4) is 0 Å². The molecule has 1 amide bonds. The minimum atomic E-state index is -1.78. The fourth-order valence-corrected chi connectivity index (χ4v) is 4.51. The van der Waals surface area contributed by atoms with Crippen molar-refractivity contribution in [3.8, 4) is 18.2 Å². The summed E-state index contributed by atoms with van der Waals surface area (Å²) in [4.78, 5) is 13.9. The van der Waals surface area contributed by atoms with Crippen LogP contribution in [0.5, 0.6) is 0 Å². The third-order valence-electron chi connectivity index (χ3n) is 6.06. The van der Waals surface area contributed by atoms with Crippen molar-refractivity contribution in [3.63, 3.8) is 0 Å². The maximum absolute atomic E-state index is 12.4. The SMILES string of the molecule is CCOC(=O)N1CC=C2[C@H](C#N)C(=N)C(C#N)(C#N)[C@@H](c3ccc(CC)cc3)[C@H]2C1. The number of hydrogen-bond acceptors (Lipinski definition) is 6. The van der Waals surface area contributed by atoms with Gasteiger partial charge in [0.25, 0.3) is 0 Å². The first-order chi connectivity index (χ1) is 14.5. The van der Waals surface area contributed by atoms with E-state index in [2.05, 4.69) is 18.2 Å². The van der Waals surface area contributed by atoms with E-state index in [9.17, 15) is 20.6 Å². The first-order valence-corrected chi connectivity index (χ1v) is 9.98. The van der Waals surface area contributed by atoms with E-state index in [1.807, 2.05) is 31.2 Å². The van der Waals surface area contributed by atoms with Gasteiger partial charge in [0.2, 0.25) is 0 Å². The molecule has 1 N–H and O–H groups in total. The highest BCUT2D eigenvalue weighted by atomic mass is 16.6. The second-order valence-electron chi connectivity index (χ2n) is 7.49. The third kappa shape index (κ3) is 3.21. The maximum atomic E-state index is 12.4. The summed E-state index contributed by atoms with van der Waals surface area (Å²) in [6.07, 6.45) is 2.16. The van der Waals surface area contributed by atoms with Gasteiger partial charge in [-0.2, -0.15) is 15.8 Å². The van der Waals surface area contributed by atoms with Crippen LogP contribution in [0.4, 0.5) is 4.79 Å². The standard InChI is InChI=1S/C23H23N5O2/c1-3-15-5-7-16(8-6-15)20-19-12-28(22(29)30-4-2)10-9-17(19)18(11-24)21(27)23(20,13-25)14-26/h5-9,18-20,27H,3-4,10,12H2,1-2H3/t18-,19-,20-/m0/s1. The van der Waals surface area contributed by atoms with Crippen molar-refractivity contribution in [2.24, 2.45) is 17.3 Å². The summed E-state index contributed by atoms with van der Waals surface area (Å²) in [5.41, 5.74) is 0.596. The van der Waals surface area contributed by atoms with Crippen LogP contribution in [0.2, 0.25) is 0 Å². The smallest absolute Gasteiger partial charge is 0.410 e. The fourth-order valence-electron chi connectivity index (χ4n) is 4.51. The highest BCUT2D eigenvalue weighted by molar-refractivity contribution is 6.00. The molecular formula is C23H23N5O2. The quantitative estimate of drug-likeness (QED) is 0.775. The molecule has 1 aliphatic heterocycles. The van der Waals surface area contributed by atoms with Crippen LogP contribution in [0.1, 0.15) is 30.9 Å². The molecule has 0 spiro atoms. The molecule has 2 aliphatic rings. The lowest BCUT2D eigenvalue weighted by Crippen LogP contribution is -2.53. The van der Waals surface area contributed by atoms with Gasteiger partial charge in [-0.15, -0.1) is 0 Å². The summed E-state index contributed by atoms with van der Waals surface area (Å²) in [6, 6.07) is 13.9. The number of nitriles is 3. The molecule has 152 valence electrons. The second kappa shape index (κ2) is 8.39. The molecule has 1 aromatic carbocycles. The van der Waals surface area contributed by atoms with Gasteiger partial charge in [0.05, 0.1) is 30.5 Å². The van der Waals surface area contributed by atoms with Crippen LogP contribution in [-0.4, -0.2) is 36.4 Å². The van der Waals surface area contributed by atoms with Crippen molar-refractivity contribution in [1.82, 2.24) is 4.90 Å². The number of ether oxygens (including phenoxy) is 1. The number of fused-ring (bicyclic) bond motifs is 1. The number of nitrogens with zero attached hydrogens (tertiary/aromatic N) is 4. The lowest BCUT2D eigenvalue weighted by molar-refractivity contribution is 0.0992. The molecule has 7 heteroatoms. The van der Waals surface area contributed by atoms with Crippen molar-refractivity contribution in [2.75, 3.05) is 19.7 Å². The van der Waals surface area contributed by atoms with Gasteiger partial charge in [-0.25, -0.2) is 4.79 Å². The number of aryl methyl sites for hydroxylation is 1. The number of benzene rings is 1. The molecule has 0 bridgehead atoms. The van der Waals surface area contributed by atoms with Crippen molar-refractivity contribution >= 4 is 11.8 Å². The van der Waals surface area contributed by atoms with Crippen LogP contribution < -0.4 is 0 Å². The Morgan fingerprint density at radius 1 is 1.23 bits per heavy atom. The number of hydrogen-bond donors (Lipinski definition) is 1. The summed E-state index contributed by atoms with van der Waals surface area (Å²) in [5, 5.41) is 38.5. The van der Waals surface area contributed by atoms with Crippen molar-refractivity contribution in [3.05, 3.63) is 47.0 Å². The Kier molecular flexibility index (Phi) is 5.90. The number of carbonyl (C=O) groups is 1. The number of amides is 1. The average Bonchev–Trinajstić information content (AvgIpc) is 2.78. The van der Waals surface area contributed by atoms with Gasteiger partial charge < -0.3 is 15.0 Å². The molecule has 0 unspecified atom stereocenters. The molecule has 3 atom stereocenters. The summed E-state index contributed by atoms with van der Waals surface area (Å²) in [7, 11) is 0. The van der Waals surface area contributed by atoms with Gasteiger partial charge in [-0.3, -0.25) is 0 Å². The Balaban J connectivity index is 2.17. The Labute approximate surface area is 176 Å². The lowest BCUT2D eigenvalue weighted by atomic mass is 9.54. The monoisotopic (exact) mass is 401 g/mol. The minimum absolute atomic E-state index is 0.188. The van der Waals surface area contributed by atoms with Gasteiger partial charge in [-0.1, -0.05) is 37.3 Å². The van der Waals surface area contributed by atoms with E-state index in [0.717, 1.165) is 17.5 Å². The molecule has 1 saturated carbocycles. The molecule has 0 radical (unpaired) electrons. The number of nitrogens with one attached hydrogen (secondary N) is 1. The maximum Gasteiger partial charge on any atom is 0.410 e. The minimum Gasteiger partial charge on any atom is -0.450 e. The molecule has 1 fully saturated rings. The van der Waals surface area contributed by atoms with Gasteiger partial charge in [0.1, 0.15) is 5.92 Å². The molecule has 0 saturated heterocycles. The van der Waals surface area contributed by atoms with Gasteiger partial charge in [0.15, 0.2) is 5.41 Å². The van der Waals surface area contributed by atoms with E-state index in [4.69, 9.17) is 10.1 Å². The van der Waals surface area contributed by atoms with Crippen molar-refractivity contribution in [2.45, 2.75) is 26.2 Å². The second-order valence-corrected chi connectivity index (χ2v) is 7.49. The van der Waals surface area contributed by atoms with Gasteiger partial charge in [-0.05, 0) is 30.0 Å². The Morgan fingerprint density at radius 3 is 2.43 bits per heavy atom. The predicted molar refractivity (Wildman–Crippen MR) is 109 cm³/mol. The van der Waals surface area contributed by atoms with Gasteiger partial charge >= 0.3 is 6.09 Å². The first-order valence-electron chi connectivity index (χ1n) is 9.98. The molecule has 3 rings (SSSR count). The summed E-state index contributed by atoms with van der Waals surface area (Å²) >= 11 is 0. The zero-order valence-electron chi connectivity index (χ0n) is 17.1. The lowest BCUT2D eigenvalue weighted by Gasteiger charge is -2.47. The predicted octanol–water partition coefficient (Wildman–Crippen LogP) is 3.55. The number of rotatable bonds is 3. The normalized spacial score (nSPS) is 24.5. The van der Waals surface area contributed by atoms with E-state index in [1.54, 1.807) is 13.0 Å². The zero-order chi connectivity index (χ0) is 21.9. The summed E-state index contributed by atoms with van der Waals surface area (Å²) < 4.78 is 5.13. The van der Waals surface area contributed by atoms with E-state index < -0.39 is 29.3 Å². The molecular weight excluding hydrogens is 378 g/mol. The Hall–Kier alpha value is -3.63.